The number of carbonyl (C=O) groups excluding carboxylic acids is 1. The first-order valence-corrected chi connectivity index (χ1v) is 41.6. The molecule has 0 aliphatic rings. The fourth-order valence-corrected chi connectivity index (χ4v) is 13.1. The van der Waals surface area contributed by atoms with Gasteiger partial charge in [-0.05, 0) is 57.8 Å². The summed E-state index contributed by atoms with van der Waals surface area (Å²) in [5.74, 6) is -0.136. The van der Waals surface area contributed by atoms with Crippen LogP contribution in [0, 0.1) is 0 Å². The van der Waals surface area contributed by atoms with E-state index in [2.05, 4.69) is 79.9 Å². The molecule has 0 radical (unpaired) electrons. The molecule has 0 aromatic rings. The molecule has 0 saturated heterocycles. The number of hydrogen-bond acceptors (Lipinski definition) is 5. The lowest BCUT2D eigenvalue weighted by Gasteiger charge is -2.26. The summed E-state index contributed by atoms with van der Waals surface area (Å²) in [5, 5.41) is 14.2. The third kappa shape index (κ3) is 75.4. The van der Waals surface area contributed by atoms with Crippen LogP contribution < -0.4 is 5.32 Å². The third-order valence-electron chi connectivity index (χ3n) is 18.5. The summed E-state index contributed by atoms with van der Waals surface area (Å²) in [4.78, 5) is 23.5. The van der Waals surface area contributed by atoms with Gasteiger partial charge in [-0.15, -0.1) is 0 Å². The summed E-state index contributed by atoms with van der Waals surface area (Å²) in [6.07, 6.45) is 101. The Morgan fingerprint density at radius 1 is 0.385 bits per heavy atom. The third-order valence-corrected chi connectivity index (χ3v) is 19.5. The normalized spacial score (nSPS) is 13.8. The monoisotopic (exact) mass is 1300 g/mol. The van der Waals surface area contributed by atoms with E-state index in [-0.39, 0.29) is 19.1 Å². The molecule has 3 unspecified atom stereocenters. The van der Waals surface area contributed by atoms with Gasteiger partial charge in [0.2, 0.25) is 5.91 Å². The zero-order valence-electron chi connectivity index (χ0n) is 61.6. The van der Waals surface area contributed by atoms with Gasteiger partial charge in [0.15, 0.2) is 0 Å². The minimum Gasteiger partial charge on any atom is -0.391 e. The minimum atomic E-state index is -4.33. The number of unbranched alkanes of at least 4 members (excludes halogenated alkanes) is 52. The number of aliphatic hydroxyl groups excluding tert-OH is 1. The highest BCUT2D eigenvalue weighted by atomic mass is 31.2. The second-order valence-electron chi connectivity index (χ2n) is 28.8. The highest BCUT2D eigenvalue weighted by molar-refractivity contribution is 7.47. The van der Waals surface area contributed by atoms with Gasteiger partial charge in [0.1, 0.15) is 13.2 Å². The van der Waals surface area contributed by atoms with Crippen molar-refractivity contribution in [1.29, 1.82) is 0 Å². The maximum Gasteiger partial charge on any atom is 0.472 e. The number of quaternary nitrogens is 1. The molecule has 0 aliphatic carbocycles. The predicted octanol–water partition coefficient (Wildman–Crippen LogP) is 26.3. The van der Waals surface area contributed by atoms with Crippen molar-refractivity contribution in [3.63, 3.8) is 0 Å². The number of aliphatic hydroxyl groups is 1. The highest BCUT2D eigenvalue weighted by Crippen LogP contribution is 2.43. The molecule has 91 heavy (non-hydrogen) atoms. The van der Waals surface area contributed by atoms with Gasteiger partial charge in [-0.25, -0.2) is 4.57 Å². The molecule has 0 spiro atoms. The molecule has 0 fully saturated rings. The lowest BCUT2D eigenvalue weighted by molar-refractivity contribution is -0.870. The van der Waals surface area contributed by atoms with E-state index in [0.29, 0.717) is 23.9 Å². The van der Waals surface area contributed by atoms with Gasteiger partial charge in [0, 0.05) is 6.42 Å². The summed E-state index contributed by atoms with van der Waals surface area (Å²) in [7, 11) is 1.64. The van der Waals surface area contributed by atoms with Crippen LogP contribution in [0.3, 0.4) is 0 Å². The molecule has 8 nitrogen and oxygen atoms in total. The Bertz CT molecular complexity index is 1670. The average molecular weight is 1300 g/mol. The fourth-order valence-electron chi connectivity index (χ4n) is 12.4. The molecule has 3 N–H and O–H groups in total. The van der Waals surface area contributed by atoms with Crippen LogP contribution in [0.2, 0.25) is 0 Å². The SMILES string of the molecule is CC/C=C\C/C=C\C/C=C\C/C=C\C/C=C\CCCCCCCCCCCCCCCCCCCCCCCCCC(=O)NC(COP(=O)(O)OCC[N+](C)(C)C)C(O)CCCCCCCCCCCCCCCCCCCCCCCCCCCCCCCC. The van der Waals surface area contributed by atoms with E-state index in [1.165, 1.54) is 308 Å². The molecule has 0 aromatic carbocycles. The molecule has 0 aromatic heterocycles. The number of nitrogens with zero attached hydrogens (tertiary/aromatic N) is 1. The first-order chi connectivity index (χ1) is 44.5. The van der Waals surface area contributed by atoms with Gasteiger partial charge < -0.3 is 19.8 Å². The zero-order chi connectivity index (χ0) is 66.2. The van der Waals surface area contributed by atoms with E-state index >= 15 is 0 Å². The largest absolute Gasteiger partial charge is 0.472 e. The van der Waals surface area contributed by atoms with Gasteiger partial charge in [0.05, 0.1) is 39.9 Å². The first-order valence-electron chi connectivity index (χ1n) is 40.2. The Hall–Kier alpha value is -1.80. The van der Waals surface area contributed by atoms with Crippen molar-refractivity contribution in [2.24, 2.45) is 0 Å². The molecular weight excluding hydrogens is 1140 g/mol. The Labute approximate surface area is 568 Å². The van der Waals surface area contributed by atoms with Crippen molar-refractivity contribution in [3.05, 3.63) is 60.8 Å². The Balaban J connectivity index is 3.91. The van der Waals surface area contributed by atoms with Crippen LogP contribution in [0.25, 0.3) is 0 Å². The van der Waals surface area contributed by atoms with Crippen molar-refractivity contribution >= 4 is 13.7 Å². The number of nitrogens with one attached hydrogen (secondary N) is 1. The van der Waals surface area contributed by atoms with E-state index in [9.17, 15) is 19.4 Å². The smallest absolute Gasteiger partial charge is 0.391 e. The quantitative estimate of drug-likeness (QED) is 0.0243. The number of amides is 1. The molecule has 0 saturated carbocycles. The Morgan fingerprint density at radius 3 is 0.967 bits per heavy atom. The summed E-state index contributed by atoms with van der Waals surface area (Å²) in [5.41, 5.74) is 0. The van der Waals surface area contributed by atoms with Crippen molar-refractivity contribution in [1.82, 2.24) is 5.32 Å². The fraction of sp³-hybridized carbons (Fsp3) is 0.866. The number of hydrogen-bond donors (Lipinski definition) is 3. The van der Waals surface area contributed by atoms with Crippen molar-refractivity contribution < 1.29 is 32.9 Å². The van der Waals surface area contributed by atoms with E-state index in [1.54, 1.807) is 0 Å². The first kappa shape index (κ1) is 89.2. The number of rotatable bonds is 75. The topological polar surface area (TPSA) is 105 Å². The van der Waals surface area contributed by atoms with E-state index in [1.807, 2.05) is 21.1 Å². The van der Waals surface area contributed by atoms with E-state index < -0.39 is 20.0 Å². The van der Waals surface area contributed by atoms with Gasteiger partial charge in [0.25, 0.3) is 0 Å². The molecular formula is C82H158N2O6P+. The number of allylic oxidation sites excluding steroid dienone is 10. The maximum atomic E-state index is 13.1. The number of phosphoric ester groups is 1. The van der Waals surface area contributed by atoms with Crippen LogP contribution in [-0.4, -0.2) is 73.4 Å². The highest BCUT2D eigenvalue weighted by Gasteiger charge is 2.28. The van der Waals surface area contributed by atoms with E-state index in [4.69, 9.17) is 9.05 Å². The van der Waals surface area contributed by atoms with Gasteiger partial charge in [-0.1, -0.05) is 402 Å². The molecule has 536 valence electrons. The number of phosphoric acid groups is 1. The van der Waals surface area contributed by atoms with Gasteiger partial charge in [-0.2, -0.15) is 0 Å². The standard InChI is InChI=1S/C82H157N2O6P/c1-6-8-10-12-14-16-18-20-22-24-26-28-30-32-34-36-38-39-40-41-42-43-44-45-46-48-50-52-54-56-58-60-62-64-66-68-70-72-74-76-82(86)83-80(79-90-91(87,88)89-78-77-84(3,4)5)81(85)75-73-71-69-67-65-63-61-59-57-55-53-51-49-47-37-35-33-31-29-27-25-23-21-19-17-15-13-11-9-7-2/h8,10,14,16,20,22,26,28,32,34,80-81,85H,6-7,9,11-13,15,17-19,21,23-25,27,29-31,33,35-79H2,1-5H3,(H-,83,86,87,88)/p+1/b10-8-,16-14-,22-20-,28-26-,34-32-. The molecule has 3 atom stereocenters. The molecule has 0 rings (SSSR count). The zero-order valence-corrected chi connectivity index (χ0v) is 62.5. The predicted molar refractivity (Wildman–Crippen MR) is 401 cm³/mol. The van der Waals surface area contributed by atoms with E-state index in [0.717, 1.165) is 70.6 Å². The molecule has 9 heteroatoms. The molecule has 0 aliphatic heterocycles. The van der Waals surface area contributed by atoms with Crippen molar-refractivity contribution in [3.8, 4) is 0 Å². The van der Waals surface area contributed by atoms with Crippen molar-refractivity contribution in [2.75, 3.05) is 40.9 Å². The van der Waals surface area contributed by atoms with Crippen LogP contribution >= 0.6 is 7.82 Å². The summed E-state index contributed by atoms with van der Waals surface area (Å²) < 4.78 is 24.0. The minimum absolute atomic E-state index is 0.0765. The van der Waals surface area contributed by atoms with Crippen LogP contribution in [0.5, 0.6) is 0 Å². The summed E-state index contributed by atoms with van der Waals surface area (Å²) >= 11 is 0. The van der Waals surface area contributed by atoms with Crippen molar-refractivity contribution in [2.45, 2.75) is 418 Å². The molecule has 0 heterocycles. The van der Waals surface area contributed by atoms with Crippen LogP contribution in [-0.2, 0) is 18.4 Å². The maximum absolute atomic E-state index is 13.1. The second-order valence-corrected chi connectivity index (χ2v) is 30.2. The van der Waals surface area contributed by atoms with Crippen LogP contribution in [0.1, 0.15) is 406 Å². The average Bonchev–Trinajstić information content (AvgIpc) is 3.58. The van der Waals surface area contributed by atoms with Crippen LogP contribution in [0.4, 0.5) is 0 Å². The molecule has 1 amide bonds. The van der Waals surface area contributed by atoms with Crippen LogP contribution in [0.15, 0.2) is 60.8 Å². The lowest BCUT2D eigenvalue weighted by atomic mass is 10.0. The Morgan fingerprint density at radius 2 is 0.659 bits per heavy atom. The van der Waals surface area contributed by atoms with Gasteiger partial charge >= 0.3 is 7.82 Å². The Kier molecular flexibility index (Phi) is 71.0. The summed E-state index contributed by atoms with van der Waals surface area (Å²) in [6.45, 7) is 4.84. The second kappa shape index (κ2) is 72.5. The molecule has 0 bridgehead atoms. The van der Waals surface area contributed by atoms with Gasteiger partial charge in [-0.3, -0.25) is 13.8 Å². The number of likely N-dealkylation sites (N-methyl/N-ethyl adjacent to an activating group) is 1. The summed E-state index contributed by atoms with van der Waals surface area (Å²) in [6, 6.07) is -0.762. The number of carbonyl (C=O) groups is 1. The lowest BCUT2D eigenvalue weighted by Crippen LogP contribution is -2.46.